The minimum Gasteiger partial charge on any atom is -0.462 e. The second-order valence-corrected chi connectivity index (χ2v) is 10.7. The number of anilines is 1. The van der Waals surface area contributed by atoms with E-state index in [1.54, 1.807) is 56.5 Å². The fourth-order valence-corrected chi connectivity index (χ4v) is 4.21. The van der Waals surface area contributed by atoms with Gasteiger partial charge in [-0.25, -0.2) is 18.8 Å². The molecule has 5 N–H and O–H groups in total. The van der Waals surface area contributed by atoms with Crippen molar-refractivity contribution in [1.82, 2.24) is 15.2 Å². The minimum atomic E-state index is -1.05. The SMILES string of the molecule is CCOC(=O)c1cn(Cc2ccc(F)cc2)c2ccc(NC(=O)C(CCCNC(N)=O)NC(=O)OC(C)(C)C)cc2c1=O. The standard InChI is InChI=1S/C30H36FN5O7/c1-5-42-27(39)22-17-36(16-18-8-10-19(31)11-9-18)24-13-12-20(15-21(24)25(22)37)34-26(38)23(7-6-14-33-28(32)40)35-29(41)43-30(2,3)4/h8-13,15,17,23H,5-7,14,16H2,1-4H3,(H,34,38)(H,35,41)(H3,32,33,40). The van der Waals surface area contributed by atoms with Crippen molar-refractivity contribution in [3.8, 4) is 0 Å². The average molecular weight is 598 g/mol. The number of ether oxygens (including phenoxy) is 2. The first-order valence-electron chi connectivity index (χ1n) is 13.7. The van der Waals surface area contributed by atoms with E-state index in [1.165, 1.54) is 24.4 Å². The third-order valence-corrected chi connectivity index (χ3v) is 6.09. The quantitative estimate of drug-likeness (QED) is 0.193. The maximum Gasteiger partial charge on any atom is 0.408 e. The van der Waals surface area contributed by atoms with Crippen molar-refractivity contribution < 1.29 is 33.0 Å². The maximum atomic E-state index is 13.5. The van der Waals surface area contributed by atoms with Gasteiger partial charge in [-0.2, -0.15) is 0 Å². The van der Waals surface area contributed by atoms with Gasteiger partial charge in [-0.3, -0.25) is 9.59 Å². The summed E-state index contributed by atoms with van der Waals surface area (Å²) in [6, 6.07) is 8.65. The van der Waals surface area contributed by atoms with Crippen molar-refractivity contribution >= 4 is 40.6 Å². The van der Waals surface area contributed by atoms with Crippen LogP contribution in [-0.4, -0.2) is 53.4 Å². The molecule has 13 heteroatoms. The zero-order chi connectivity index (χ0) is 31.7. The van der Waals surface area contributed by atoms with E-state index in [9.17, 15) is 28.4 Å². The van der Waals surface area contributed by atoms with Crippen LogP contribution in [-0.2, 0) is 20.8 Å². The van der Waals surface area contributed by atoms with Gasteiger partial charge in [0.2, 0.25) is 11.3 Å². The monoisotopic (exact) mass is 597 g/mol. The highest BCUT2D eigenvalue weighted by Crippen LogP contribution is 2.20. The predicted molar refractivity (Wildman–Crippen MR) is 158 cm³/mol. The van der Waals surface area contributed by atoms with Gasteiger partial charge in [0, 0.05) is 30.4 Å². The summed E-state index contributed by atoms with van der Waals surface area (Å²) < 4.78 is 25.5. The molecule has 1 heterocycles. The molecule has 4 amide bonds. The molecule has 0 radical (unpaired) electrons. The molecule has 0 bridgehead atoms. The molecule has 2 aromatic carbocycles. The number of hydrogen-bond donors (Lipinski definition) is 4. The second-order valence-electron chi connectivity index (χ2n) is 10.7. The van der Waals surface area contributed by atoms with Crippen molar-refractivity contribution in [2.75, 3.05) is 18.5 Å². The van der Waals surface area contributed by atoms with E-state index >= 15 is 0 Å². The van der Waals surface area contributed by atoms with E-state index in [1.807, 2.05) is 0 Å². The van der Waals surface area contributed by atoms with Crippen LogP contribution in [0.1, 0.15) is 56.5 Å². The van der Waals surface area contributed by atoms with Crippen LogP contribution >= 0.6 is 0 Å². The Morgan fingerprint density at radius 3 is 2.40 bits per heavy atom. The van der Waals surface area contributed by atoms with Crippen LogP contribution in [0.15, 0.2) is 53.5 Å². The lowest BCUT2D eigenvalue weighted by Crippen LogP contribution is -2.46. The Kier molecular flexibility index (Phi) is 10.8. The molecular formula is C30H36FN5O7. The molecule has 0 spiro atoms. The van der Waals surface area contributed by atoms with Crippen LogP contribution in [0, 0.1) is 5.82 Å². The number of urea groups is 1. The summed E-state index contributed by atoms with van der Waals surface area (Å²) >= 11 is 0. The van der Waals surface area contributed by atoms with Gasteiger partial charge in [-0.05, 0) is 76.4 Å². The molecule has 0 aliphatic rings. The van der Waals surface area contributed by atoms with Crippen LogP contribution in [0.25, 0.3) is 10.9 Å². The number of nitrogens with one attached hydrogen (secondary N) is 3. The highest BCUT2D eigenvalue weighted by molar-refractivity contribution is 5.99. The molecule has 0 saturated carbocycles. The number of carbonyl (C=O) groups excluding carboxylic acids is 4. The first kappa shape index (κ1) is 32.6. The molecule has 1 atom stereocenters. The molecule has 1 unspecified atom stereocenters. The Morgan fingerprint density at radius 1 is 1.07 bits per heavy atom. The van der Waals surface area contributed by atoms with Crippen LogP contribution < -0.4 is 27.1 Å². The van der Waals surface area contributed by atoms with Gasteiger partial charge in [0.15, 0.2) is 0 Å². The van der Waals surface area contributed by atoms with Gasteiger partial charge in [0.1, 0.15) is 23.0 Å². The highest BCUT2D eigenvalue weighted by atomic mass is 19.1. The second kappa shape index (κ2) is 14.3. The molecule has 3 aromatic rings. The zero-order valence-electron chi connectivity index (χ0n) is 24.5. The highest BCUT2D eigenvalue weighted by Gasteiger charge is 2.25. The molecule has 0 fully saturated rings. The maximum absolute atomic E-state index is 13.5. The third-order valence-electron chi connectivity index (χ3n) is 6.09. The van der Waals surface area contributed by atoms with Crippen molar-refractivity contribution in [2.45, 2.75) is 58.7 Å². The summed E-state index contributed by atoms with van der Waals surface area (Å²) in [5.41, 5.74) is 4.91. The third kappa shape index (κ3) is 9.55. The molecule has 3 rings (SSSR count). The Balaban J connectivity index is 1.95. The van der Waals surface area contributed by atoms with Gasteiger partial charge < -0.3 is 35.7 Å². The lowest BCUT2D eigenvalue weighted by Gasteiger charge is -2.23. The smallest absolute Gasteiger partial charge is 0.408 e. The zero-order valence-corrected chi connectivity index (χ0v) is 24.5. The number of fused-ring (bicyclic) bond motifs is 1. The van der Waals surface area contributed by atoms with Gasteiger partial charge >= 0.3 is 18.1 Å². The Hall–Kier alpha value is -4.94. The topological polar surface area (TPSA) is 171 Å². The number of benzene rings is 2. The lowest BCUT2D eigenvalue weighted by atomic mass is 10.1. The van der Waals surface area contributed by atoms with Crippen molar-refractivity contribution in [3.05, 3.63) is 75.8 Å². The number of hydrogen-bond acceptors (Lipinski definition) is 7. The van der Waals surface area contributed by atoms with Crippen LogP contribution in [0.5, 0.6) is 0 Å². The molecule has 230 valence electrons. The first-order chi connectivity index (χ1) is 20.3. The summed E-state index contributed by atoms with van der Waals surface area (Å²) in [5, 5.41) is 7.80. The van der Waals surface area contributed by atoms with Crippen molar-refractivity contribution in [2.24, 2.45) is 5.73 Å². The Bertz CT molecular complexity index is 1550. The molecule has 12 nitrogen and oxygen atoms in total. The van der Waals surface area contributed by atoms with Gasteiger partial charge in [0.05, 0.1) is 12.1 Å². The van der Waals surface area contributed by atoms with Gasteiger partial charge in [0.25, 0.3) is 0 Å². The number of alkyl carbamates (subject to hydrolysis) is 1. The van der Waals surface area contributed by atoms with E-state index in [2.05, 4.69) is 16.0 Å². The number of halogens is 1. The van der Waals surface area contributed by atoms with E-state index in [-0.39, 0.29) is 42.8 Å². The largest absolute Gasteiger partial charge is 0.462 e. The van der Waals surface area contributed by atoms with Crippen LogP contribution in [0.3, 0.4) is 0 Å². The number of nitrogens with two attached hydrogens (primary N) is 1. The lowest BCUT2D eigenvalue weighted by molar-refractivity contribution is -0.118. The predicted octanol–water partition coefficient (Wildman–Crippen LogP) is 3.65. The number of primary amides is 1. The normalized spacial score (nSPS) is 11.8. The molecular weight excluding hydrogens is 561 g/mol. The summed E-state index contributed by atoms with van der Waals surface area (Å²) in [7, 11) is 0. The summed E-state index contributed by atoms with van der Waals surface area (Å²) in [4.78, 5) is 62.7. The van der Waals surface area contributed by atoms with E-state index in [4.69, 9.17) is 15.2 Å². The molecule has 0 saturated heterocycles. The number of aromatic nitrogens is 1. The van der Waals surface area contributed by atoms with E-state index in [0.29, 0.717) is 11.9 Å². The van der Waals surface area contributed by atoms with Gasteiger partial charge in [-0.15, -0.1) is 0 Å². The minimum absolute atomic E-state index is 0.0609. The van der Waals surface area contributed by atoms with E-state index in [0.717, 1.165) is 5.56 Å². The number of amides is 4. The van der Waals surface area contributed by atoms with Crippen molar-refractivity contribution in [1.29, 1.82) is 0 Å². The number of esters is 1. The van der Waals surface area contributed by atoms with Gasteiger partial charge in [-0.1, -0.05) is 12.1 Å². The fourth-order valence-electron chi connectivity index (χ4n) is 4.21. The number of nitrogens with zero attached hydrogens (tertiary/aromatic N) is 1. The number of carbonyl (C=O) groups is 4. The van der Waals surface area contributed by atoms with Crippen LogP contribution in [0.2, 0.25) is 0 Å². The summed E-state index contributed by atoms with van der Waals surface area (Å²) in [6.45, 7) is 7.12. The average Bonchev–Trinajstić information content (AvgIpc) is 2.92. The molecule has 1 aromatic heterocycles. The van der Waals surface area contributed by atoms with E-state index < -0.39 is 46.9 Å². The Morgan fingerprint density at radius 2 is 1.77 bits per heavy atom. The fraction of sp³-hybridized carbons (Fsp3) is 0.367. The Labute approximate surface area is 247 Å². The number of rotatable bonds is 11. The molecule has 0 aliphatic carbocycles. The number of pyridine rings is 1. The summed E-state index contributed by atoms with van der Waals surface area (Å²) in [6.07, 6.45) is 1.03. The molecule has 0 aliphatic heterocycles. The van der Waals surface area contributed by atoms with Crippen molar-refractivity contribution in [3.63, 3.8) is 0 Å². The first-order valence-corrected chi connectivity index (χ1v) is 13.7. The molecule has 43 heavy (non-hydrogen) atoms. The van der Waals surface area contributed by atoms with Crippen LogP contribution in [0.4, 0.5) is 19.7 Å². The summed E-state index contributed by atoms with van der Waals surface area (Å²) in [5.74, 6) is -1.80.